The minimum Gasteiger partial charge on any atom is -0.421 e. The first-order valence-corrected chi connectivity index (χ1v) is 8.80. The number of aromatic nitrogens is 2. The van der Waals surface area contributed by atoms with E-state index in [2.05, 4.69) is 53.0 Å². The van der Waals surface area contributed by atoms with Gasteiger partial charge in [0.25, 0.3) is 0 Å². The zero-order chi connectivity index (χ0) is 18.2. The molecule has 0 amide bonds. The van der Waals surface area contributed by atoms with E-state index >= 15 is 0 Å². The van der Waals surface area contributed by atoms with Crippen molar-refractivity contribution in [2.24, 2.45) is 0 Å². The molecule has 0 aliphatic carbocycles. The summed E-state index contributed by atoms with van der Waals surface area (Å²) in [5.74, 6) is 1.02. The van der Waals surface area contributed by atoms with E-state index in [1.807, 2.05) is 13.1 Å². The van der Waals surface area contributed by atoms with Crippen molar-refractivity contribution in [3.63, 3.8) is 0 Å². The molecule has 0 bridgehead atoms. The van der Waals surface area contributed by atoms with Gasteiger partial charge < -0.3 is 9.64 Å². The summed E-state index contributed by atoms with van der Waals surface area (Å²) in [5.41, 5.74) is 1.32. The SMILES string of the molecule is CCCCC(c1ccccc1)C(C)N(C)c1ncncc1OC(C)=O. The van der Waals surface area contributed by atoms with E-state index in [1.165, 1.54) is 25.0 Å². The molecule has 0 aliphatic rings. The number of carbonyl (C=O) groups excluding carboxylic acids is 1. The van der Waals surface area contributed by atoms with Crippen LogP contribution in [-0.2, 0) is 4.79 Å². The second-order valence-corrected chi connectivity index (χ2v) is 6.32. The van der Waals surface area contributed by atoms with Crippen molar-refractivity contribution < 1.29 is 9.53 Å². The smallest absolute Gasteiger partial charge is 0.308 e. The van der Waals surface area contributed by atoms with E-state index in [4.69, 9.17) is 4.74 Å². The molecule has 25 heavy (non-hydrogen) atoms. The molecule has 2 aromatic rings. The van der Waals surface area contributed by atoms with Crippen LogP contribution in [0.4, 0.5) is 5.82 Å². The van der Waals surface area contributed by atoms with Crippen LogP contribution in [0.2, 0.25) is 0 Å². The van der Waals surface area contributed by atoms with Crippen LogP contribution in [0.5, 0.6) is 5.75 Å². The van der Waals surface area contributed by atoms with E-state index in [0.717, 1.165) is 19.3 Å². The lowest BCUT2D eigenvalue weighted by molar-refractivity contribution is -0.131. The Bertz CT molecular complexity index is 676. The maximum atomic E-state index is 11.4. The molecule has 1 aromatic heterocycles. The van der Waals surface area contributed by atoms with E-state index in [9.17, 15) is 4.79 Å². The number of nitrogens with zero attached hydrogens (tertiary/aromatic N) is 3. The van der Waals surface area contributed by atoms with Crippen molar-refractivity contribution in [2.75, 3.05) is 11.9 Å². The first kappa shape index (κ1) is 18.9. The van der Waals surface area contributed by atoms with Gasteiger partial charge in [0.05, 0.1) is 6.20 Å². The molecule has 5 nitrogen and oxygen atoms in total. The average molecular weight is 341 g/mol. The number of anilines is 1. The van der Waals surface area contributed by atoms with E-state index < -0.39 is 0 Å². The van der Waals surface area contributed by atoms with Gasteiger partial charge in [-0.3, -0.25) is 4.79 Å². The summed E-state index contributed by atoms with van der Waals surface area (Å²) in [5, 5.41) is 0. The molecule has 1 heterocycles. The molecule has 1 aromatic carbocycles. The summed E-state index contributed by atoms with van der Waals surface area (Å²) in [4.78, 5) is 21.8. The maximum absolute atomic E-state index is 11.4. The van der Waals surface area contributed by atoms with E-state index in [-0.39, 0.29) is 12.0 Å². The number of hydrogen-bond donors (Lipinski definition) is 0. The van der Waals surface area contributed by atoms with Crippen LogP contribution in [0.25, 0.3) is 0 Å². The van der Waals surface area contributed by atoms with Crippen LogP contribution in [0, 0.1) is 0 Å². The minimum atomic E-state index is -0.373. The number of carbonyl (C=O) groups is 1. The first-order valence-electron chi connectivity index (χ1n) is 8.80. The molecule has 134 valence electrons. The lowest BCUT2D eigenvalue weighted by atomic mass is 9.87. The Hall–Kier alpha value is -2.43. The van der Waals surface area contributed by atoms with Crippen LogP contribution in [0.3, 0.4) is 0 Å². The third kappa shape index (κ3) is 5.02. The molecular weight excluding hydrogens is 314 g/mol. The fourth-order valence-corrected chi connectivity index (χ4v) is 3.08. The lowest BCUT2D eigenvalue weighted by Gasteiger charge is -2.33. The number of hydrogen-bond acceptors (Lipinski definition) is 5. The van der Waals surface area contributed by atoms with Crippen molar-refractivity contribution in [3.8, 4) is 5.75 Å². The predicted molar refractivity (Wildman–Crippen MR) is 99.9 cm³/mol. The van der Waals surface area contributed by atoms with Gasteiger partial charge >= 0.3 is 5.97 Å². The third-order valence-corrected chi connectivity index (χ3v) is 4.54. The highest BCUT2D eigenvalue weighted by atomic mass is 16.5. The Balaban J connectivity index is 2.29. The fourth-order valence-electron chi connectivity index (χ4n) is 3.08. The molecular formula is C20H27N3O2. The fraction of sp³-hybridized carbons (Fsp3) is 0.450. The normalized spacial score (nSPS) is 13.1. The molecule has 0 saturated carbocycles. The van der Waals surface area contributed by atoms with Gasteiger partial charge in [0.15, 0.2) is 11.6 Å². The Morgan fingerprint density at radius 3 is 2.64 bits per heavy atom. The summed E-state index contributed by atoms with van der Waals surface area (Å²) in [6.07, 6.45) is 6.44. The highest BCUT2D eigenvalue weighted by Crippen LogP contribution is 2.33. The van der Waals surface area contributed by atoms with Crippen LogP contribution < -0.4 is 9.64 Å². The molecule has 0 spiro atoms. The van der Waals surface area contributed by atoms with Gasteiger partial charge in [0.1, 0.15) is 6.33 Å². The second kappa shape index (κ2) is 9.16. The number of rotatable bonds is 8. The van der Waals surface area contributed by atoms with E-state index in [1.54, 1.807) is 0 Å². The standard InChI is InChI=1S/C20H27N3O2/c1-5-6-12-18(17-10-8-7-9-11-17)15(2)23(4)20-19(25-16(3)24)13-21-14-22-20/h7-11,13-15,18H,5-6,12H2,1-4H3. The lowest BCUT2D eigenvalue weighted by Crippen LogP contribution is -2.35. The summed E-state index contributed by atoms with van der Waals surface area (Å²) in [6.45, 7) is 5.78. The van der Waals surface area contributed by atoms with E-state index in [0.29, 0.717) is 17.5 Å². The van der Waals surface area contributed by atoms with Crippen molar-refractivity contribution >= 4 is 11.8 Å². The summed E-state index contributed by atoms with van der Waals surface area (Å²) in [7, 11) is 1.99. The molecule has 0 fully saturated rings. The molecule has 0 saturated heterocycles. The molecule has 2 rings (SSSR count). The number of esters is 1. The quantitative estimate of drug-likeness (QED) is 0.674. The second-order valence-electron chi connectivity index (χ2n) is 6.32. The summed E-state index contributed by atoms with van der Waals surface area (Å²) in [6, 6.07) is 10.7. The molecule has 2 unspecified atom stereocenters. The van der Waals surface area contributed by atoms with Crippen LogP contribution in [0.15, 0.2) is 42.9 Å². The maximum Gasteiger partial charge on any atom is 0.308 e. The third-order valence-electron chi connectivity index (χ3n) is 4.54. The monoisotopic (exact) mass is 341 g/mol. The van der Waals surface area contributed by atoms with Gasteiger partial charge in [-0.25, -0.2) is 9.97 Å². The molecule has 0 radical (unpaired) electrons. The van der Waals surface area contributed by atoms with Gasteiger partial charge in [-0.15, -0.1) is 0 Å². The number of unbranched alkanes of at least 4 members (excludes halogenated alkanes) is 1. The van der Waals surface area contributed by atoms with Crippen LogP contribution in [-0.4, -0.2) is 29.0 Å². The van der Waals surface area contributed by atoms with Gasteiger partial charge in [-0.2, -0.15) is 0 Å². The number of benzene rings is 1. The predicted octanol–water partition coefficient (Wildman–Crippen LogP) is 4.20. The molecule has 0 aliphatic heterocycles. The number of ether oxygens (including phenoxy) is 1. The molecule has 2 atom stereocenters. The van der Waals surface area contributed by atoms with Gasteiger partial charge in [-0.1, -0.05) is 50.1 Å². The van der Waals surface area contributed by atoms with Gasteiger partial charge in [0, 0.05) is 25.9 Å². The Morgan fingerprint density at radius 1 is 1.28 bits per heavy atom. The molecule has 5 heteroatoms. The highest BCUT2D eigenvalue weighted by molar-refractivity contribution is 5.71. The Labute approximate surface area is 150 Å². The van der Waals surface area contributed by atoms with Gasteiger partial charge in [0.2, 0.25) is 0 Å². The van der Waals surface area contributed by atoms with Crippen molar-refractivity contribution in [1.29, 1.82) is 0 Å². The highest BCUT2D eigenvalue weighted by Gasteiger charge is 2.25. The average Bonchev–Trinajstić information content (AvgIpc) is 2.62. The zero-order valence-electron chi connectivity index (χ0n) is 15.5. The zero-order valence-corrected chi connectivity index (χ0v) is 15.5. The summed E-state index contributed by atoms with van der Waals surface area (Å²) < 4.78 is 5.28. The number of likely N-dealkylation sites (N-methyl/N-ethyl adjacent to an activating group) is 1. The summed E-state index contributed by atoms with van der Waals surface area (Å²) >= 11 is 0. The van der Waals surface area contributed by atoms with Crippen LogP contribution >= 0.6 is 0 Å². The van der Waals surface area contributed by atoms with Crippen molar-refractivity contribution in [3.05, 3.63) is 48.4 Å². The van der Waals surface area contributed by atoms with Gasteiger partial charge in [-0.05, 0) is 18.9 Å². The topological polar surface area (TPSA) is 55.3 Å². The molecule has 0 N–H and O–H groups in total. The first-order chi connectivity index (χ1) is 12.0. The van der Waals surface area contributed by atoms with Crippen molar-refractivity contribution in [1.82, 2.24) is 9.97 Å². The van der Waals surface area contributed by atoms with Crippen molar-refractivity contribution in [2.45, 2.75) is 52.0 Å². The Kier molecular flexibility index (Phi) is 6.92. The Morgan fingerprint density at radius 2 is 2.00 bits per heavy atom. The minimum absolute atomic E-state index is 0.193. The van der Waals surface area contributed by atoms with Crippen LogP contribution in [0.1, 0.15) is 51.5 Å². The largest absolute Gasteiger partial charge is 0.421 e.